The fourth-order valence-corrected chi connectivity index (χ4v) is 3.04. The zero-order valence-corrected chi connectivity index (χ0v) is 14.6. The van der Waals surface area contributed by atoms with E-state index in [1.807, 2.05) is 34.1 Å². The summed E-state index contributed by atoms with van der Waals surface area (Å²) in [6.45, 7) is 3.75. The Bertz CT molecular complexity index is 764. The molecule has 2 aliphatic heterocycles. The van der Waals surface area contributed by atoms with Crippen molar-refractivity contribution in [3.8, 4) is 11.5 Å². The summed E-state index contributed by atoms with van der Waals surface area (Å²) < 4.78 is 30.6. The molecule has 1 aromatic carbocycles. The number of hydrogen-bond donors (Lipinski definition) is 0. The molecular weight excluding hydrogens is 339 g/mol. The Morgan fingerprint density at radius 3 is 2.69 bits per heavy atom. The number of ether oxygens (including phenoxy) is 3. The van der Waals surface area contributed by atoms with Crippen LogP contribution in [0.4, 0.5) is 16.2 Å². The smallest absolute Gasteiger partial charge is 0.227 e. The minimum Gasteiger partial charge on any atom is -0.497 e. The van der Waals surface area contributed by atoms with Gasteiger partial charge in [-0.05, 0) is 12.1 Å². The number of hydrogen-bond acceptors (Lipinski definition) is 7. The first kappa shape index (κ1) is 16.8. The predicted octanol–water partition coefficient (Wildman–Crippen LogP) is 1.73. The van der Waals surface area contributed by atoms with Gasteiger partial charge in [-0.25, -0.2) is 9.37 Å². The van der Waals surface area contributed by atoms with E-state index in [0.717, 1.165) is 11.5 Å². The quantitative estimate of drug-likeness (QED) is 0.805. The number of rotatable bonds is 5. The van der Waals surface area contributed by atoms with Gasteiger partial charge in [0.05, 0.1) is 39.6 Å². The van der Waals surface area contributed by atoms with E-state index in [1.165, 1.54) is 6.20 Å². The van der Waals surface area contributed by atoms with Gasteiger partial charge in [0.15, 0.2) is 11.6 Å². The minimum atomic E-state index is -0.402. The van der Waals surface area contributed by atoms with E-state index < -0.39 is 5.82 Å². The molecule has 0 aliphatic carbocycles. The summed E-state index contributed by atoms with van der Waals surface area (Å²) in [6.07, 6.45) is 1.28. The summed E-state index contributed by atoms with van der Waals surface area (Å²) in [7, 11) is 1.63. The fourth-order valence-electron chi connectivity index (χ4n) is 3.04. The highest BCUT2D eigenvalue weighted by molar-refractivity contribution is 5.47. The number of anilines is 2. The number of aromatic nitrogens is 2. The molecule has 8 heteroatoms. The molecule has 0 amide bonds. The first-order chi connectivity index (χ1) is 12.7. The van der Waals surface area contributed by atoms with E-state index in [9.17, 15) is 4.39 Å². The molecule has 0 bridgehead atoms. The molecule has 1 aromatic heterocycles. The third-order valence-corrected chi connectivity index (χ3v) is 4.50. The van der Waals surface area contributed by atoms with E-state index in [1.54, 1.807) is 7.11 Å². The second kappa shape index (κ2) is 7.33. The maximum Gasteiger partial charge on any atom is 0.227 e. The summed E-state index contributed by atoms with van der Waals surface area (Å²) in [5, 5.41) is 0. The average molecular weight is 360 g/mol. The lowest BCUT2D eigenvalue weighted by Crippen LogP contribution is -2.54. The lowest BCUT2D eigenvalue weighted by Gasteiger charge is -2.39. The van der Waals surface area contributed by atoms with Crippen LogP contribution in [-0.2, 0) is 4.74 Å². The summed E-state index contributed by atoms with van der Waals surface area (Å²) in [5.41, 5.74) is 0. The van der Waals surface area contributed by atoms with Crippen molar-refractivity contribution in [3.63, 3.8) is 0 Å². The van der Waals surface area contributed by atoms with Crippen molar-refractivity contribution in [1.82, 2.24) is 9.97 Å². The van der Waals surface area contributed by atoms with Crippen LogP contribution in [0.15, 0.2) is 30.5 Å². The Balaban J connectivity index is 1.39. The molecule has 3 heterocycles. The fraction of sp³-hybridized carbons (Fsp3) is 0.444. The van der Waals surface area contributed by atoms with E-state index in [0.29, 0.717) is 51.2 Å². The number of nitrogens with zero attached hydrogens (tertiary/aromatic N) is 4. The summed E-state index contributed by atoms with van der Waals surface area (Å²) in [6, 6.07) is 7.52. The van der Waals surface area contributed by atoms with E-state index in [2.05, 4.69) is 9.97 Å². The minimum absolute atomic E-state index is 0.0441. The third-order valence-electron chi connectivity index (χ3n) is 4.50. The molecule has 4 rings (SSSR count). The predicted molar refractivity (Wildman–Crippen MR) is 94.6 cm³/mol. The van der Waals surface area contributed by atoms with Gasteiger partial charge in [0.2, 0.25) is 5.95 Å². The molecule has 0 saturated carbocycles. The standard InChI is InChI=1S/C18H21FN4O3/c1-24-13-3-2-4-14(9-13)26-15-11-23(12-15)18-20-10-16(19)17(21-18)22-5-7-25-8-6-22/h2-4,9-10,15H,5-8,11-12H2,1H3. The maximum atomic E-state index is 14.1. The number of methoxy groups -OCH3 is 1. The van der Waals surface area contributed by atoms with Crippen molar-refractivity contribution >= 4 is 11.8 Å². The molecular formula is C18H21FN4O3. The Hall–Kier alpha value is -2.61. The van der Waals surface area contributed by atoms with Gasteiger partial charge in [0, 0.05) is 19.2 Å². The van der Waals surface area contributed by atoms with Crippen LogP contribution in [0.5, 0.6) is 11.5 Å². The van der Waals surface area contributed by atoms with Gasteiger partial charge in [0.25, 0.3) is 0 Å². The molecule has 138 valence electrons. The lowest BCUT2D eigenvalue weighted by atomic mass is 10.2. The Labute approximate surface area is 151 Å². The van der Waals surface area contributed by atoms with Crippen LogP contribution >= 0.6 is 0 Å². The highest BCUT2D eigenvalue weighted by Gasteiger charge is 2.31. The second-order valence-electron chi connectivity index (χ2n) is 6.26. The Morgan fingerprint density at radius 1 is 1.15 bits per heavy atom. The van der Waals surface area contributed by atoms with E-state index >= 15 is 0 Å². The van der Waals surface area contributed by atoms with Gasteiger partial charge in [-0.15, -0.1) is 0 Å². The molecule has 0 radical (unpaired) electrons. The van der Waals surface area contributed by atoms with Crippen LogP contribution in [0.1, 0.15) is 0 Å². The molecule has 2 fully saturated rings. The van der Waals surface area contributed by atoms with Crippen LogP contribution in [0.3, 0.4) is 0 Å². The van der Waals surface area contributed by atoms with Crippen LogP contribution in [0, 0.1) is 5.82 Å². The number of morpholine rings is 1. The maximum absolute atomic E-state index is 14.1. The van der Waals surface area contributed by atoms with Crippen molar-refractivity contribution in [2.75, 3.05) is 56.3 Å². The zero-order valence-electron chi connectivity index (χ0n) is 14.6. The van der Waals surface area contributed by atoms with Crippen LogP contribution in [-0.4, -0.2) is 62.6 Å². The van der Waals surface area contributed by atoms with Gasteiger partial charge in [0.1, 0.15) is 17.6 Å². The van der Waals surface area contributed by atoms with E-state index in [-0.39, 0.29) is 6.10 Å². The van der Waals surface area contributed by atoms with Crippen LogP contribution < -0.4 is 19.3 Å². The third kappa shape index (κ3) is 3.50. The summed E-state index contributed by atoms with van der Waals surface area (Å²) in [5.74, 6) is 1.99. The molecule has 0 N–H and O–H groups in total. The normalized spacial score (nSPS) is 17.8. The largest absolute Gasteiger partial charge is 0.497 e. The first-order valence-corrected chi connectivity index (χ1v) is 8.64. The molecule has 2 aliphatic rings. The van der Waals surface area contributed by atoms with Crippen molar-refractivity contribution in [3.05, 3.63) is 36.3 Å². The van der Waals surface area contributed by atoms with Gasteiger partial charge < -0.3 is 24.0 Å². The van der Waals surface area contributed by atoms with Crippen molar-refractivity contribution in [2.24, 2.45) is 0 Å². The van der Waals surface area contributed by atoms with Gasteiger partial charge in [-0.3, -0.25) is 0 Å². The second-order valence-corrected chi connectivity index (χ2v) is 6.26. The zero-order chi connectivity index (χ0) is 17.9. The first-order valence-electron chi connectivity index (χ1n) is 8.64. The van der Waals surface area contributed by atoms with Crippen LogP contribution in [0.2, 0.25) is 0 Å². The van der Waals surface area contributed by atoms with Crippen molar-refractivity contribution in [1.29, 1.82) is 0 Å². The van der Waals surface area contributed by atoms with Gasteiger partial charge in [-0.1, -0.05) is 6.07 Å². The summed E-state index contributed by atoms with van der Waals surface area (Å²) >= 11 is 0. The Morgan fingerprint density at radius 2 is 1.92 bits per heavy atom. The number of halogens is 1. The SMILES string of the molecule is COc1cccc(OC2CN(c3ncc(F)c(N4CCOCC4)n3)C2)c1. The summed E-state index contributed by atoms with van der Waals surface area (Å²) in [4.78, 5) is 12.4. The highest BCUT2D eigenvalue weighted by atomic mass is 19.1. The molecule has 2 saturated heterocycles. The molecule has 2 aromatic rings. The lowest BCUT2D eigenvalue weighted by molar-refractivity contribution is 0.122. The Kier molecular flexibility index (Phi) is 4.75. The van der Waals surface area contributed by atoms with Crippen molar-refractivity contribution < 1.29 is 18.6 Å². The van der Waals surface area contributed by atoms with Crippen LogP contribution in [0.25, 0.3) is 0 Å². The topological polar surface area (TPSA) is 60.0 Å². The van der Waals surface area contributed by atoms with Gasteiger partial charge >= 0.3 is 0 Å². The monoisotopic (exact) mass is 360 g/mol. The molecule has 0 spiro atoms. The van der Waals surface area contributed by atoms with Crippen molar-refractivity contribution in [2.45, 2.75) is 6.10 Å². The molecule has 26 heavy (non-hydrogen) atoms. The number of benzene rings is 1. The van der Waals surface area contributed by atoms with E-state index in [4.69, 9.17) is 14.2 Å². The average Bonchev–Trinajstić information content (AvgIpc) is 2.66. The molecule has 0 unspecified atom stereocenters. The molecule has 7 nitrogen and oxygen atoms in total. The van der Waals surface area contributed by atoms with Gasteiger partial charge in [-0.2, -0.15) is 4.98 Å². The highest BCUT2D eigenvalue weighted by Crippen LogP contribution is 2.26. The molecule has 0 atom stereocenters.